The third kappa shape index (κ3) is 3.54. The van der Waals surface area contributed by atoms with E-state index in [2.05, 4.69) is 20.6 Å². The van der Waals surface area contributed by atoms with Crippen molar-refractivity contribution in [2.75, 3.05) is 19.0 Å². The molecule has 2 aromatic heterocycles. The molecule has 2 N–H and O–H groups in total. The Balaban J connectivity index is 1.78. The van der Waals surface area contributed by atoms with E-state index < -0.39 is 0 Å². The minimum absolute atomic E-state index is 0.122. The third-order valence-corrected chi connectivity index (χ3v) is 5.04. The van der Waals surface area contributed by atoms with Gasteiger partial charge in [0.25, 0.3) is 5.56 Å². The number of hydrogen-bond acceptors (Lipinski definition) is 6. The molecular formula is C21H23N5O4. The van der Waals surface area contributed by atoms with E-state index in [9.17, 15) is 9.59 Å². The molecule has 30 heavy (non-hydrogen) atoms. The molecule has 1 aliphatic rings. The molecule has 0 unspecified atom stereocenters. The summed E-state index contributed by atoms with van der Waals surface area (Å²) in [7, 11) is 1.60. The van der Waals surface area contributed by atoms with Crippen LogP contribution in [0.15, 0.2) is 35.1 Å². The highest BCUT2D eigenvalue weighted by atomic mass is 16.5. The van der Waals surface area contributed by atoms with Crippen LogP contribution in [0, 0.1) is 6.92 Å². The minimum atomic E-state index is -0.309. The lowest BCUT2D eigenvalue weighted by atomic mass is 9.85. The zero-order valence-electron chi connectivity index (χ0n) is 17.1. The van der Waals surface area contributed by atoms with Crippen molar-refractivity contribution in [3.63, 3.8) is 0 Å². The van der Waals surface area contributed by atoms with Crippen LogP contribution in [0.4, 0.5) is 5.82 Å². The molecule has 4 rings (SSSR count). The van der Waals surface area contributed by atoms with Gasteiger partial charge in [0, 0.05) is 24.0 Å². The summed E-state index contributed by atoms with van der Waals surface area (Å²) in [6, 6.07) is 8.67. The van der Waals surface area contributed by atoms with Crippen LogP contribution in [0.2, 0.25) is 0 Å². The summed E-state index contributed by atoms with van der Waals surface area (Å²) in [6.07, 6.45) is 1.19. The molecule has 9 heteroatoms. The molecule has 9 nitrogen and oxygen atoms in total. The lowest BCUT2D eigenvalue weighted by molar-refractivity contribution is -0.116. The molecular weight excluding hydrogens is 386 g/mol. The van der Waals surface area contributed by atoms with Gasteiger partial charge in [-0.05, 0) is 37.1 Å². The number of nitrogens with one attached hydrogen (secondary N) is 2. The summed E-state index contributed by atoms with van der Waals surface area (Å²) in [4.78, 5) is 23.9. The molecule has 0 saturated carbocycles. The number of fused-ring (bicyclic) bond motifs is 1. The lowest BCUT2D eigenvalue weighted by Crippen LogP contribution is -2.25. The van der Waals surface area contributed by atoms with Crippen LogP contribution < -0.4 is 20.3 Å². The van der Waals surface area contributed by atoms with Crippen LogP contribution in [0.1, 0.15) is 42.5 Å². The second kappa shape index (κ2) is 8.02. The summed E-state index contributed by atoms with van der Waals surface area (Å²) in [5, 5.41) is 13.9. The number of aryl methyl sites for hydroxylation is 1. The van der Waals surface area contributed by atoms with Gasteiger partial charge in [0.05, 0.1) is 19.4 Å². The van der Waals surface area contributed by atoms with Gasteiger partial charge in [-0.3, -0.25) is 9.59 Å². The Morgan fingerprint density at radius 2 is 2.03 bits per heavy atom. The molecule has 156 valence electrons. The maximum atomic E-state index is 12.5. The summed E-state index contributed by atoms with van der Waals surface area (Å²) < 4.78 is 12.8. The van der Waals surface area contributed by atoms with Crippen LogP contribution in [0.5, 0.6) is 11.5 Å². The number of nitrogens with zero attached hydrogens (tertiary/aromatic N) is 3. The Morgan fingerprint density at radius 1 is 1.20 bits per heavy atom. The van der Waals surface area contributed by atoms with Crippen LogP contribution >= 0.6 is 0 Å². The molecule has 3 aromatic rings. The number of methoxy groups -OCH3 is 1. The van der Waals surface area contributed by atoms with Gasteiger partial charge in [0.2, 0.25) is 5.91 Å². The Hall–Kier alpha value is -3.62. The van der Waals surface area contributed by atoms with Crippen molar-refractivity contribution in [1.82, 2.24) is 20.0 Å². The number of ether oxygens (including phenoxy) is 2. The fraction of sp³-hybridized carbons (Fsp3) is 0.333. The van der Waals surface area contributed by atoms with Gasteiger partial charge in [-0.15, -0.1) is 0 Å². The Morgan fingerprint density at radius 3 is 2.73 bits per heavy atom. The van der Waals surface area contributed by atoms with Crippen molar-refractivity contribution >= 4 is 11.7 Å². The molecule has 1 aliphatic heterocycles. The van der Waals surface area contributed by atoms with E-state index in [1.165, 1.54) is 6.07 Å². The lowest BCUT2D eigenvalue weighted by Gasteiger charge is -2.25. The van der Waals surface area contributed by atoms with Crippen molar-refractivity contribution < 1.29 is 14.3 Å². The molecule has 0 saturated heterocycles. The van der Waals surface area contributed by atoms with E-state index in [0.29, 0.717) is 29.7 Å². The number of carbonyl (C=O) groups excluding carboxylic acids is 1. The van der Waals surface area contributed by atoms with Gasteiger partial charge in [-0.25, -0.2) is 5.10 Å². The number of H-pyrrole nitrogens is 1. The SMILES string of the molecule is CCCOc1ccc([C@@H]2CC(=O)Nc3c2c(C)nn3-c2ccc(=O)[nH]n2)cc1OC. The number of anilines is 1. The first-order valence-electron chi connectivity index (χ1n) is 9.78. The van der Waals surface area contributed by atoms with E-state index in [1.807, 2.05) is 32.0 Å². The van der Waals surface area contributed by atoms with Gasteiger partial charge >= 0.3 is 0 Å². The van der Waals surface area contributed by atoms with E-state index in [0.717, 1.165) is 23.2 Å². The number of amides is 1. The van der Waals surface area contributed by atoms with E-state index >= 15 is 0 Å². The number of benzene rings is 1. The summed E-state index contributed by atoms with van der Waals surface area (Å²) in [6.45, 7) is 4.53. The first kappa shape index (κ1) is 19.7. The average Bonchev–Trinajstić information content (AvgIpc) is 3.08. The molecule has 1 aromatic carbocycles. The zero-order valence-corrected chi connectivity index (χ0v) is 17.1. The second-order valence-electron chi connectivity index (χ2n) is 7.10. The first-order valence-corrected chi connectivity index (χ1v) is 9.78. The maximum absolute atomic E-state index is 12.5. The molecule has 0 radical (unpaired) electrons. The number of hydrogen-bond donors (Lipinski definition) is 2. The van der Waals surface area contributed by atoms with Crippen LogP contribution in [0.25, 0.3) is 5.82 Å². The molecule has 0 spiro atoms. The maximum Gasteiger partial charge on any atom is 0.264 e. The summed E-state index contributed by atoms with van der Waals surface area (Å²) >= 11 is 0. The standard InChI is InChI=1S/C21H23N5O4/c1-4-9-30-15-6-5-13(10-16(15)29-3)14-11-19(28)22-21-20(14)12(2)25-26(21)17-7-8-18(27)24-23-17/h5-8,10,14H,4,9,11H2,1-3H3,(H,22,28)(H,24,27)/t14-/m0/s1. The molecule has 0 fully saturated rings. The highest BCUT2D eigenvalue weighted by Gasteiger charge is 2.33. The normalized spacial score (nSPS) is 15.4. The van der Waals surface area contributed by atoms with Crippen LogP contribution in [0.3, 0.4) is 0 Å². The van der Waals surface area contributed by atoms with Crippen molar-refractivity contribution in [2.24, 2.45) is 0 Å². The van der Waals surface area contributed by atoms with Gasteiger partial charge in [-0.1, -0.05) is 13.0 Å². The number of aromatic nitrogens is 4. The third-order valence-electron chi connectivity index (χ3n) is 5.04. The van der Waals surface area contributed by atoms with E-state index in [4.69, 9.17) is 9.47 Å². The van der Waals surface area contributed by atoms with Gasteiger partial charge < -0.3 is 14.8 Å². The van der Waals surface area contributed by atoms with Gasteiger partial charge in [0.15, 0.2) is 17.3 Å². The number of rotatable bonds is 6. The highest BCUT2D eigenvalue weighted by molar-refractivity contribution is 5.95. The minimum Gasteiger partial charge on any atom is -0.493 e. The Bertz CT molecular complexity index is 1130. The van der Waals surface area contributed by atoms with Crippen molar-refractivity contribution in [3.05, 3.63) is 57.5 Å². The van der Waals surface area contributed by atoms with Crippen molar-refractivity contribution in [1.29, 1.82) is 0 Å². The summed E-state index contributed by atoms with van der Waals surface area (Å²) in [5.74, 6) is 1.95. The Labute approximate surface area is 173 Å². The van der Waals surface area contributed by atoms with Crippen LogP contribution in [-0.2, 0) is 4.79 Å². The Kier molecular flexibility index (Phi) is 5.26. The zero-order chi connectivity index (χ0) is 21.3. The predicted octanol–water partition coefficient (Wildman–Crippen LogP) is 2.54. The average molecular weight is 409 g/mol. The quantitative estimate of drug-likeness (QED) is 0.647. The molecule has 0 bridgehead atoms. The van der Waals surface area contributed by atoms with Crippen molar-refractivity contribution in [3.8, 4) is 17.3 Å². The largest absolute Gasteiger partial charge is 0.493 e. The monoisotopic (exact) mass is 409 g/mol. The predicted molar refractivity (Wildman–Crippen MR) is 111 cm³/mol. The molecule has 1 amide bonds. The van der Waals surface area contributed by atoms with E-state index in [-0.39, 0.29) is 23.8 Å². The van der Waals surface area contributed by atoms with Gasteiger partial charge in [-0.2, -0.15) is 14.9 Å². The molecule has 1 atom stereocenters. The second-order valence-corrected chi connectivity index (χ2v) is 7.10. The highest BCUT2D eigenvalue weighted by Crippen LogP contribution is 2.42. The topological polar surface area (TPSA) is 111 Å². The summed E-state index contributed by atoms with van der Waals surface area (Å²) in [5.41, 5.74) is 2.31. The van der Waals surface area contributed by atoms with E-state index in [1.54, 1.807) is 17.9 Å². The first-order chi connectivity index (χ1) is 14.5. The number of aromatic amines is 1. The van der Waals surface area contributed by atoms with Gasteiger partial charge in [0.1, 0.15) is 5.82 Å². The number of carbonyl (C=O) groups is 1. The molecule has 3 heterocycles. The molecule has 0 aliphatic carbocycles. The van der Waals surface area contributed by atoms with Crippen LogP contribution in [-0.4, -0.2) is 39.6 Å². The van der Waals surface area contributed by atoms with Crippen molar-refractivity contribution in [2.45, 2.75) is 32.6 Å². The fourth-order valence-corrected chi connectivity index (χ4v) is 3.68. The fourth-order valence-electron chi connectivity index (χ4n) is 3.68. The smallest absolute Gasteiger partial charge is 0.264 e.